The first-order valence-corrected chi connectivity index (χ1v) is 14.1. The van der Waals surface area contributed by atoms with Crippen LogP contribution in [-0.4, -0.2) is 28.0 Å². The van der Waals surface area contributed by atoms with Crippen LogP contribution in [0, 0.1) is 5.82 Å². The first kappa shape index (κ1) is 27.4. The number of methoxy groups -OCH3 is 1. The molecule has 1 N–H and O–H groups in total. The molecule has 0 heterocycles. The fourth-order valence-electron chi connectivity index (χ4n) is 4.19. The zero-order chi connectivity index (χ0) is 27.1. The van der Waals surface area contributed by atoms with Gasteiger partial charge in [0, 0.05) is 12.1 Å². The SMILES string of the molecule is COc1ccc(-c2ccccc2F)cc1S(=O)(=O)Cc1cccc(CCCNC(=O)c2ccccc2Cl)c1. The minimum atomic E-state index is -3.80. The van der Waals surface area contributed by atoms with E-state index in [0.717, 1.165) is 5.56 Å². The molecule has 0 saturated carbocycles. The van der Waals surface area contributed by atoms with Crippen molar-refractivity contribution >= 4 is 27.3 Å². The van der Waals surface area contributed by atoms with E-state index in [0.29, 0.717) is 46.7 Å². The highest BCUT2D eigenvalue weighted by Gasteiger charge is 2.22. The molecule has 4 rings (SSSR count). The molecule has 0 aliphatic heterocycles. The first-order valence-electron chi connectivity index (χ1n) is 12.0. The zero-order valence-electron chi connectivity index (χ0n) is 20.8. The molecule has 4 aromatic rings. The summed E-state index contributed by atoms with van der Waals surface area (Å²) in [6.07, 6.45) is 1.33. The van der Waals surface area contributed by atoms with Crippen molar-refractivity contribution in [3.05, 3.63) is 119 Å². The smallest absolute Gasteiger partial charge is 0.252 e. The molecule has 0 atom stereocenters. The minimum Gasteiger partial charge on any atom is -0.495 e. The van der Waals surface area contributed by atoms with E-state index in [1.807, 2.05) is 18.2 Å². The lowest BCUT2D eigenvalue weighted by Gasteiger charge is -2.13. The second-order valence-corrected chi connectivity index (χ2v) is 11.1. The van der Waals surface area contributed by atoms with Crippen molar-refractivity contribution in [3.63, 3.8) is 0 Å². The van der Waals surface area contributed by atoms with Gasteiger partial charge in [-0.2, -0.15) is 0 Å². The number of ether oxygens (including phenoxy) is 1. The largest absolute Gasteiger partial charge is 0.495 e. The van der Waals surface area contributed by atoms with Crippen LogP contribution >= 0.6 is 11.6 Å². The monoisotopic (exact) mass is 551 g/mol. The summed E-state index contributed by atoms with van der Waals surface area (Å²) < 4.78 is 46.5. The molecule has 0 unspecified atom stereocenters. The summed E-state index contributed by atoms with van der Waals surface area (Å²) in [6, 6.07) is 25.1. The maximum atomic E-state index is 14.3. The second-order valence-electron chi connectivity index (χ2n) is 8.76. The Labute approximate surface area is 227 Å². The van der Waals surface area contributed by atoms with E-state index in [1.165, 1.54) is 19.2 Å². The highest BCUT2D eigenvalue weighted by molar-refractivity contribution is 7.90. The van der Waals surface area contributed by atoms with Gasteiger partial charge in [-0.15, -0.1) is 0 Å². The minimum absolute atomic E-state index is 0.00782. The number of rotatable bonds is 10. The van der Waals surface area contributed by atoms with E-state index >= 15 is 0 Å². The van der Waals surface area contributed by atoms with Crippen molar-refractivity contribution in [3.8, 4) is 16.9 Å². The molecule has 0 fully saturated rings. The predicted octanol–water partition coefficient (Wildman–Crippen LogP) is 6.49. The molecule has 0 spiro atoms. The van der Waals surface area contributed by atoms with Crippen molar-refractivity contribution in [1.82, 2.24) is 5.32 Å². The van der Waals surface area contributed by atoms with Gasteiger partial charge in [0.2, 0.25) is 0 Å². The van der Waals surface area contributed by atoms with Crippen LogP contribution in [0.5, 0.6) is 5.75 Å². The highest BCUT2D eigenvalue weighted by Crippen LogP contribution is 2.33. The van der Waals surface area contributed by atoms with Gasteiger partial charge >= 0.3 is 0 Å². The van der Waals surface area contributed by atoms with Crippen molar-refractivity contribution in [2.75, 3.05) is 13.7 Å². The quantitative estimate of drug-likeness (QED) is 0.229. The predicted molar refractivity (Wildman–Crippen MR) is 148 cm³/mol. The Morgan fingerprint density at radius 3 is 2.42 bits per heavy atom. The van der Waals surface area contributed by atoms with Crippen molar-refractivity contribution in [2.24, 2.45) is 0 Å². The third-order valence-corrected chi connectivity index (χ3v) is 8.11. The van der Waals surface area contributed by atoms with Gasteiger partial charge in [0.1, 0.15) is 16.5 Å². The summed E-state index contributed by atoms with van der Waals surface area (Å²) >= 11 is 6.07. The number of carbonyl (C=O) groups is 1. The van der Waals surface area contributed by atoms with Crippen molar-refractivity contribution in [1.29, 1.82) is 0 Å². The Morgan fingerprint density at radius 2 is 1.66 bits per heavy atom. The normalized spacial score (nSPS) is 11.2. The third kappa shape index (κ3) is 6.60. The van der Waals surface area contributed by atoms with Crippen LogP contribution < -0.4 is 10.1 Å². The summed E-state index contributed by atoms with van der Waals surface area (Å²) in [6.45, 7) is 0.451. The first-order chi connectivity index (χ1) is 18.3. The molecule has 5 nitrogen and oxygen atoms in total. The van der Waals surface area contributed by atoms with Gasteiger partial charge in [-0.3, -0.25) is 4.79 Å². The van der Waals surface area contributed by atoms with E-state index in [-0.39, 0.29) is 22.3 Å². The molecule has 0 bridgehead atoms. The van der Waals surface area contributed by atoms with E-state index in [1.54, 1.807) is 60.7 Å². The number of carbonyl (C=O) groups excluding carboxylic acids is 1. The van der Waals surface area contributed by atoms with Crippen LogP contribution in [0.1, 0.15) is 27.9 Å². The standard InChI is InChI=1S/C30H27ClFNO4S/c1-37-28-16-15-23(24-11-3-5-14-27(24)32)19-29(28)38(35,36)20-22-9-6-8-21(18-22)10-7-17-33-30(34)25-12-2-4-13-26(25)31/h2-6,8-9,11-16,18-19H,7,10,17,20H2,1H3,(H,33,34). The van der Waals surface area contributed by atoms with Crippen LogP contribution in [0.3, 0.4) is 0 Å². The Morgan fingerprint density at radius 1 is 0.921 bits per heavy atom. The fourth-order valence-corrected chi connectivity index (χ4v) is 5.95. The number of hydrogen-bond acceptors (Lipinski definition) is 4. The van der Waals surface area contributed by atoms with Crippen LogP contribution in [-0.2, 0) is 22.0 Å². The molecule has 8 heteroatoms. The summed E-state index contributed by atoms with van der Waals surface area (Å²) in [5.74, 6) is -0.699. The number of amides is 1. The van der Waals surface area contributed by atoms with Gasteiger partial charge < -0.3 is 10.1 Å². The summed E-state index contributed by atoms with van der Waals surface area (Å²) in [7, 11) is -2.40. The molecule has 4 aromatic carbocycles. The van der Waals surface area contributed by atoms with Crippen LogP contribution in [0.25, 0.3) is 11.1 Å². The van der Waals surface area contributed by atoms with E-state index < -0.39 is 15.7 Å². The summed E-state index contributed by atoms with van der Waals surface area (Å²) in [4.78, 5) is 12.3. The Bertz CT molecular complexity index is 1560. The molecule has 0 aliphatic rings. The number of aryl methyl sites for hydroxylation is 1. The Hall–Kier alpha value is -3.68. The van der Waals surface area contributed by atoms with Gasteiger partial charge in [-0.1, -0.05) is 72.3 Å². The Balaban J connectivity index is 1.44. The molecule has 0 saturated heterocycles. The topological polar surface area (TPSA) is 72.5 Å². The second kappa shape index (κ2) is 12.2. The maximum absolute atomic E-state index is 14.3. The number of benzene rings is 4. The van der Waals surface area contributed by atoms with Gasteiger partial charge in [-0.05, 0) is 59.9 Å². The number of halogens is 2. The zero-order valence-corrected chi connectivity index (χ0v) is 22.4. The lowest BCUT2D eigenvalue weighted by molar-refractivity contribution is 0.0953. The van der Waals surface area contributed by atoms with Crippen molar-refractivity contribution < 1.29 is 22.3 Å². The molecule has 0 aromatic heterocycles. The molecular weight excluding hydrogens is 525 g/mol. The van der Waals surface area contributed by atoms with Gasteiger partial charge in [-0.25, -0.2) is 12.8 Å². The number of nitrogens with one attached hydrogen (secondary N) is 1. The summed E-state index contributed by atoms with van der Waals surface area (Å²) in [5, 5.41) is 3.26. The van der Waals surface area contributed by atoms with Crippen LogP contribution in [0.15, 0.2) is 95.9 Å². The van der Waals surface area contributed by atoms with Crippen LogP contribution in [0.4, 0.5) is 4.39 Å². The van der Waals surface area contributed by atoms with E-state index in [4.69, 9.17) is 16.3 Å². The maximum Gasteiger partial charge on any atom is 0.252 e. The molecule has 0 aliphatic carbocycles. The lowest BCUT2D eigenvalue weighted by atomic mass is 10.1. The molecule has 38 heavy (non-hydrogen) atoms. The van der Waals surface area contributed by atoms with E-state index in [2.05, 4.69) is 5.32 Å². The average molecular weight is 552 g/mol. The number of sulfone groups is 1. The van der Waals surface area contributed by atoms with Gasteiger partial charge in [0.05, 0.1) is 23.4 Å². The lowest BCUT2D eigenvalue weighted by Crippen LogP contribution is -2.25. The number of hydrogen-bond donors (Lipinski definition) is 1. The van der Waals surface area contributed by atoms with Crippen LogP contribution in [0.2, 0.25) is 5.02 Å². The van der Waals surface area contributed by atoms with E-state index in [9.17, 15) is 17.6 Å². The summed E-state index contributed by atoms with van der Waals surface area (Å²) in [5.41, 5.74) is 2.78. The molecule has 1 amide bonds. The molecule has 0 radical (unpaired) electrons. The van der Waals surface area contributed by atoms with Gasteiger partial charge in [0.25, 0.3) is 5.91 Å². The Kier molecular flexibility index (Phi) is 8.81. The fraction of sp³-hybridized carbons (Fsp3) is 0.167. The average Bonchev–Trinajstić information content (AvgIpc) is 2.91. The highest BCUT2D eigenvalue weighted by atomic mass is 35.5. The molecule has 196 valence electrons. The van der Waals surface area contributed by atoms with Gasteiger partial charge in [0.15, 0.2) is 9.84 Å². The molecular formula is C30H27ClFNO4S. The van der Waals surface area contributed by atoms with Crippen molar-refractivity contribution in [2.45, 2.75) is 23.5 Å². The third-order valence-electron chi connectivity index (χ3n) is 6.08.